The largest absolute Gasteiger partial charge is 0.381 e. The zero-order chi connectivity index (χ0) is 52.5. The van der Waals surface area contributed by atoms with E-state index in [0.29, 0.717) is 12.2 Å². The number of rotatable bonds is 24. The van der Waals surface area contributed by atoms with Crippen molar-refractivity contribution in [2.45, 2.75) is 373 Å². The van der Waals surface area contributed by atoms with E-state index in [2.05, 4.69) is 13.8 Å². The summed E-state index contributed by atoms with van der Waals surface area (Å²) < 4.78 is 11.2. The van der Waals surface area contributed by atoms with Crippen LogP contribution in [0.4, 0.5) is 0 Å². The van der Waals surface area contributed by atoms with Crippen LogP contribution in [0.1, 0.15) is 361 Å². The molecule has 4 spiro atoms. The number of hydrogen-bond acceptors (Lipinski definition) is 2. The lowest BCUT2D eigenvalue weighted by atomic mass is 9.43. The monoisotopic (exact) mass is 1050 g/mol. The fraction of sp³-hybridized carbons (Fsp3) is 1.00. The zero-order valence-electron chi connectivity index (χ0n) is 51.9. The minimum absolute atomic E-state index is 0.563. The Morgan fingerprint density at radius 2 is 0.461 bits per heavy atom. The molecule has 10 aliphatic rings. The SMILES string of the molecule is CCCCCCCCCC[C@H]1CC[C@H](C2CCC3(CC2)CC2(CCC([C@H]4CC[C@H](CCCCCCCCCC)CC4)CC2)C3)CC1.CO[C@H]1CC[C@H](C2CCC3(CC2)CC2(CCC([C@H]4CC[C@H](OC)CC4)CC2)C3)CC1. The van der Waals surface area contributed by atoms with E-state index in [4.69, 9.17) is 9.47 Å². The van der Waals surface area contributed by atoms with E-state index in [1.807, 2.05) is 14.2 Å². The summed E-state index contributed by atoms with van der Waals surface area (Å²) in [6.45, 7) is 4.66. The van der Waals surface area contributed by atoms with Crippen LogP contribution in [0.3, 0.4) is 0 Å². The molecule has 0 amide bonds. The standard InChI is InChI=1S/C46H84.C28H48O2/c1-3-5-7-9-11-13-15-17-19-39-21-25-41(26-22-39)43-29-33-45(34-30-43)37-46(38-45)35-31-44(32-36-46)42-27-23-40(24-28-42)20-18-16-14-12-10-8-6-4-2;1-29-25-7-3-21(4-8-25)23-11-15-27(16-12-23)19-28(20-27)17-13-24(14-18-28)22-5-9-26(30-2)10-6-22/h39-44H,3-38H2,1-2H3;21-26H,3-20H2,1-2H3/t39-,40-,41-,42-,43?,44?,45?,46?;21-,22-,23?,24?,25-,26-,27?,28?. The number of methoxy groups -OCH3 is 2. The zero-order valence-corrected chi connectivity index (χ0v) is 51.9. The molecule has 10 rings (SSSR count). The van der Waals surface area contributed by atoms with E-state index in [1.165, 1.54) is 154 Å². The first kappa shape index (κ1) is 60.5. The van der Waals surface area contributed by atoms with Crippen molar-refractivity contribution in [3.8, 4) is 0 Å². The predicted octanol–water partition coefficient (Wildman–Crippen LogP) is 23.4. The summed E-state index contributed by atoms with van der Waals surface area (Å²) in [6, 6.07) is 0. The highest BCUT2D eigenvalue weighted by atomic mass is 16.5. The molecule has 0 radical (unpaired) electrons. The van der Waals surface area contributed by atoms with Gasteiger partial charge in [0.05, 0.1) is 12.2 Å². The molecule has 10 aliphatic carbocycles. The second kappa shape index (κ2) is 30.5. The van der Waals surface area contributed by atoms with Crippen molar-refractivity contribution in [2.75, 3.05) is 14.2 Å². The quantitative estimate of drug-likeness (QED) is 0.0897. The molecule has 0 aliphatic heterocycles. The average Bonchev–Trinajstić information content (AvgIpc) is 3.47. The fourth-order valence-electron chi connectivity index (χ4n) is 22.0. The van der Waals surface area contributed by atoms with Crippen LogP contribution in [0.5, 0.6) is 0 Å². The molecule has 0 bridgehead atoms. The molecule has 0 heterocycles. The van der Waals surface area contributed by atoms with Crippen molar-refractivity contribution < 1.29 is 9.47 Å². The normalized spacial score (nSPS) is 41.8. The van der Waals surface area contributed by atoms with Crippen LogP contribution in [0, 0.1) is 80.8 Å². The predicted molar refractivity (Wildman–Crippen MR) is 327 cm³/mol. The first-order chi connectivity index (χ1) is 37.2. The highest BCUT2D eigenvalue weighted by Crippen LogP contribution is 2.69. The van der Waals surface area contributed by atoms with Crippen molar-refractivity contribution in [2.24, 2.45) is 80.8 Å². The van der Waals surface area contributed by atoms with Crippen LogP contribution in [-0.2, 0) is 9.47 Å². The summed E-state index contributed by atoms with van der Waals surface area (Å²) >= 11 is 0. The van der Waals surface area contributed by atoms with Gasteiger partial charge >= 0.3 is 0 Å². The summed E-state index contributed by atoms with van der Waals surface area (Å²) in [4.78, 5) is 0. The third kappa shape index (κ3) is 17.0. The summed E-state index contributed by atoms with van der Waals surface area (Å²) in [5.41, 5.74) is 3.18. The van der Waals surface area contributed by atoms with Crippen LogP contribution >= 0.6 is 0 Å². The molecule has 10 saturated carbocycles. The second-order valence-corrected chi connectivity index (χ2v) is 31.7. The first-order valence-corrected chi connectivity index (χ1v) is 36.3. The number of hydrogen-bond donors (Lipinski definition) is 0. The summed E-state index contributed by atoms with van der Waals surface area (Å²) in [7, 11) is 3.81. The van der Waals surface area contributed by atoms with Gasteiger partial charge in [0.2, 0.25) is 0 Å². The van der Waals surface area contributed by atoms with Gasteiger partial charge in [0.1, 0.15) is 0 Å². The van der Waals surface area contributed by atoms with E-state index < -0.39 is 0 Å². The Morgan fingerprint density at radius 1 is 0.250 bits per heavy atom. The molecule has 2 heteroatoms. The smallest absolute Gasteiger partial charge is 0.0571 e. The average molecular weight is 1050 g/mol. The molecule has 0 unspecified atom stereocenters. The van der Waals surface area contributed by atoms with Gasteiger partial charge in [-0.3, -0.25) is 0 Å². The Labute approximate surface area is 475 Å². The van der Waals surface area contributed by atoms with Gasteiger partial charge in [-0.25, -0.2) is 0 Å². The van der Waals surface area contributed by atoms with E-state index in [9.17, 15) is 0 Å². The van der Waals surface area contributed by atoms with Gasteiger partial charge in [0.25, 0.3) is 0 Å². The lowest BCUT2D eigenvalue weighted by Crippen LogP contribution is -2.50. The van der Waals surface area contributed by atoms with Gasteiger partial charge in [-0.05, 0) is 286 Å². The minimum atomic E-state index is 0.563. The van der Waals surface area contributed by atoms with Gasteiger partial charge in [-0.15, -0.1) is 0 Å². The molecule has 0 aromatic heterocycles. The van der Waals surface area contributed by atoms with Gasteiger partial charge in [0.15, 0.2) is 0 Å². The maximum Gasteiger partial charge on any atom is 0.0571 e. The van der Waals surface area contributed by atoms with Crippen LogP contribution in [0.15, 0.2) is 0 Å². The molecule has 10 fully saturated rings. The summed E-state index contributed by atoms with van der Waals surface area (Å²) in [5, 5.41) is 0. The number of unbranched alkanes of at least 4 members (excludes halogenated alkanes) is 14. The van der Waals surface area contributed by atoms with Crippen molar-refractivity contribution in [1.82, 2.24) is 0 Å². The molecule has 0 aromatic carbocycles. The second-order valence-electron chi connectivity index (χ2n) is 31.7. The van der Waals surface area contributed by atoms with Crippen molar-refractivity contribution in [3.63, 3.8) is 0 Å². The van der Waals surface area contributed by atoms with Crippen LogP contribution < -0.4 is 0 Å². The Kier molecular flexibility index (Phi) is 24.3. The van der Waals surface area contributed by atoms with Gasteiger partial charge in [-0.1, -0.05) is 155 Å². The van der Waals surface area contributed by atoms with E-state index in [-0.39, 0.29) is 0 Å². The maximum atomic E-state index is 5.60. The van der Waals surface area contributed by atoms with E-state index in [1.54, 1.807) is 193 Å². The van der Waals surface area contributed by atoms with Crippen molar-refractivity contribution in [1.29, 1.82) is 0 Å². The Morgan fingerprint density at radius 3 is 0.697 bits per heavy atom. The molecule has 440 valence electrons. The van der Waals surface area contributed by atoms with E-state index in [0.717, 1.165) is 80.8 Å². The van der Waals surface area contributed by atoms with Gasteiger partial charge in [-0.2, -0.15) is 0 Å². The van der Waals surface area contributed by atoms with Crippen LogP contribution in [-0.4, -0.2) is 26.4 Å². The molecule has 0 N–H and O–H groups in total. The summed E-state index contributed by atoms with van der Waals surface area (Å²) in [6.07, 6.45) is 83.4. The van der Waals surface area contributed by atoms with Crippen LogP contribution in [0.2, 0.25) is 0 Å². The molecule has 76 heavy (non-hydrogen) atoms. The maximum absolute atomic E-state index is 5.60. The molecular weight excluding hydrogens is 921 g/mol. The molecular formula is C74H132O2. The lowest BCUT2D eigenvalue weighted by molar-refractivity contribution is -0.110. The molecule has 0 aromatic rings. The lowest BCUT2D eigenvalue weighted by Gasteiger charge is -2.62. The Hall–Kier alpha value is -0.0800. The topological polar surface area (TPSA) is 18.5 Å². The van der Waals surface area contributed by atoms with Gasteiger partial charge < -0.3 is 9.47 Å². The number of ether oxygens (including phenoxy) is 2. The molecule has 0 saturated heterocycles. The minimum Gasteiger partial charge on any atom is -0.381 e. The third-order valence-electron chi connectivity index (χ3n) is 26.8. The van der Waals surface area contributed by atoms with E-state index >= 15 is 0 Å². The summed E-state index contributed by atoms with van der Waals surface area (Å²) in [5.74, 6) is 10.7. The molecule has 0 atom stereocenters. The Bertz CT molecular complexity index is 1400. The molecule has 2 nitrogen and oxygen atoms in total. The van der Waals surface area contributed by atoms with Crippen molar-refractivity contribution in [3.05, 3.63) is 0 Å². The van der Waals surface area contributed by atoms with Crippen molar-refractivity contribution >= 4 is 0 Å². The highest BCUT2D eigenvalue weighted by molar-refractivity contribution is 5.08. The van der Waals surface area contributed by atoms with Crippen LogP contribution in [0.25, 0.3) is 0 Å². The highest BCUT2D eigenvalue weighted by Gasteiger charge is 2.57. The fourth-order valence-corrected chi connectivity index (χ4v) is 22.0. The Balaban J connectivity index is 0.000000202. The third-order valence-corrected chi connectivity index (χ3v) is 26.8. The van der Waals surface area contributed by atoms with Gasteiger partial charge in [0, 0.05) is 14.2 Å². The first-order valence-electron chi connectivity index (χ1n) is 36.3.